The van der Waals surface area contributed by atoms with Gasteiger partial charge >= 0.3 is 6.11 Å². The molecular formula is C31H25F7O2. The molecule has 4 rings (SSSR count). The van der Waals surface area contributed by atoms with Gasteiger partial charge in [0, 0.05) is 12.5 Å². The molecule has 2 nitrogen and oxygen atoms in total. The van der Waals surface area contributed by atoms with Crippen LogP contribution in [0.1, 0.15) is 38.7 Å². The number of ether oxygens (including phenoxy) is 2. The Labute approximate surface area is 227 Å². The number of aryl methyl sites for hydroxylation is 1. The minimum Gasteiger partial charge on any atom is -0.447 e. The lowest BCUT2D eigenvalue weighted by Gasteiger charge is -2.19. The van der Waals surface area contributed by atoms with Gasteiger partial charge in [0.15, 0.2) is 40.6 Å². The molecule has 40 heavy (non-hydrogen) atoms. The van der Waals surface area contributed by atoms with Crippen LogP contribution in [0, 0.1) is 29.1 Å². The zero-order valence-corrected chi connectivity index (χ0v) is 21.6. The first-order chi connectivity index (χ1) is 19.0. The zero-order chi connectivity index (χ0) is 29.0. The van der Waals surface area contributed by atoms with Crippen molar-refractivity contribution in [3.05, 3.63) is 101 Å². The molecular weight excluding hydrogens is 537 g/mol. The Bertz CT molecular complexity index is 1470. The number of unbranched alkanes of at least 4 members (excludes halogenated alkanes) is 2. The third-order valence-electron chi connectivity index (χ3n) is 6.15. The van der Waals surface area contributed by atoms with Gasteiger partial charge in [-0.2, -0.15) is 8.78 Å². The minimum atomic E-state index is -3.77. The molecule has 0 aliphatic heterocycles. The van der Waals surface area contributed by atoms with Crippen LogP contribution in [0.5, 0.6) is 17.2 Å². The van der Waals surface area contributed by atoms with E-state index in [4.69, 9.17) is 4.74 Å². The van der Waals surface area contributed by atoms with Crippen molar-refractivity contribution in [2.75, 3.05) is 0 Å². The quantitative estimate of drug-likeness (QED) is 0.109. The van der Waals surface area contributed by atoms with Crippen molar-refractivity contribution in [1.82, 2.24) is 0 Å². The van der Waals surface area contributed by atoms with Crippen molar-refractivity contribution in [3.63, 3.8) is 0 Å². The summed E-state index contributed by atoms with van der Waals surface area (Å²) < 4.78 is 109. The van der Waals surface area contributed by atoms with E-state index in [0.29, 0.717) is 30.2 Å². The second kappa shape index (κ2) is 12.0. The monoisotopic (exact) mass is 562 g/mol. The molecule has 0 saturated carbocycles. The Morgan fingerprint density at radius 1 is 0.650 bits per heavy atom. The molecule has 210 valence electrons. The summed E-state index contributed by atoms with van der Waals surface area (Å²) in [6.07, 6.45) is 0.453. The summed E-state index contributed by atoms with van der Waals surface area (Å²) in [6.45, 7) is 2.52. The Balaban J connectivity index is 1.68. The van der Waals surface area contributed by atoms with E-state index in [1.807, 2.05) is 24.3 Å². The number of hydrogen-bond donors (Lipinski definition) is 0. The number of rotatable bonds is 10. The van der Waals surface area contributed by atoms with Gasteiger partial charge in [-0.1, -0.05) is 50.1 Å². The molecule has 0 atom stereocenters. The standard InChI is InChI=1S/C31H25F7O2/c1-3-4-5-6-18-7-9-19(10-8-18)20-11-13-26(23(32)15-20)39-30-27(40-31(2,37)38)14-12-22(28(30)35)21-16-24(33)29(36)25(34)17-21/h7-17H,3-6H2,1-2H3. The molecule has 0 heterocycles. The second-order valence-corrected chi connectivity index (χ2v) is 9.32. The molecule has 0 radical (unpaired) electrons. The summed E-state index contributed by atoms with van der Waals surface area (Å²) in [5, 5.41) is 0. The Morgan fingerprint density at radius 3 is 1.85 bits per heavy atom. The Morgan fingerprint density at radius 2 is 1.25 bits per heavy atom. The smallest absolute Gasteiger partial charge is 0.395 e. The maximum atomic E-state index is 15.6. The lowest BCUT2D eigenvalue weighted by Crippen LogP contribution is -2.19. The number of benzene rings is 4. The number of alkyl halides is 2. The largest absolute Gasteiger partial charge is 0.447 e. The predicted molar refractivity (Wildman–Crippen MR) is 138 cm³/mol. The number of hydrogen-bond acceptors (Lipinski definition) is 2. The summed E-state index contributed by atoms with van der Waals surface area (Å²) in [5.74, 6) is -9.51. The summed E-state index contributed by atoms with van der Waals surface area (Å²) in [5.41, 5.74) is 1.40. The lowest BCUT2D eigenvalue weighted by molar-refractivity contribution is -0.159. The SMILES string of the molecule is CCCCCc1ccc(-c2ccc(Oc3c(OC(C)(F)F)ccc(-c4cc(F)c(F)c(F)c4)c3F)c(F)c2)cc1. The molecule has 0 fully saturated rings. The van der Waals surface area contributed by atoms with Crippen LogP contribution in [-0.2, 0) is 6.42 Å². The van der Waals surface area contributed by atoms with Gasteiger partial charge in [-0.15, -0.1) is 0 Å². The third kappa shape index (κ3) is 6.76. The summed E-state index contributed by atoms with van der Waals surface area (Å²) in [4.78, 5) is 0. The van der Waals surface area contributed by atoms with Crippen LogP contribution in [-0.4, -0.2) is 6.11 Å². The van der Waals surface area contributed by atoms with E-state index in [-0.39, 0.29) is 0 Å². The molecule has 9 heteroatoms. The normalized spacial score (nSPS) is 11.5. The van der Waals surface area contributed by atoms with Crippen LogP contribution in [0.25, 0.3) is 22.3 Å². The fraction of sp³-hybridized carbons (Fsp3) is 0.226. The van der Waals surface area contributed by atoms with Gasteiger partial charge in [0.05, 0.1) is 0 Å². The molecule has 0 saturated heterocycles. The van der Waals surface area contributed by atoms with Gasteiger partial charge in [0.25, 0.3) is 0 Å². The van der Waals surface area contributed by atoms with Gasteiger partial charge in [-0.25, -0.2) is 22.0 Å². The fourth-order valence-electron chi connectivity index (χ4n) is 4.16. The van der Waals surface area contributed by atoms with E-state index in [1.165, 1.54) is 12.1 Å². The van der Waals surface area contributed by atoms with Crippen molar-refractivity contribution in [2.45, 2.75) is 45.6 Å². The maximum absolute atomic E-state index is 15.6. The van der Waals surface area contributed by atoms with Crippen LogP contribution in [0.3, 0.4) is 0 Å². The predicted octanol–water partition coefficient (Wildman–Crippen LogP) is 10.2. The molecule has 0 amide bonds. The second-order valence-electron chi connectivity index (χ2n) is 9.32. The van der Waals surface area contributed by atoms with Crippen molar-refractivity contribution in [1.29, 1.82) is 0 Å². The molecule has 0 unspecified atom stereocenters. The molecule has 0 bridgehead atoms. The van der Waals surface area contributed by atoms with E-state index in [9.17, 15) is 22.0 Å². The van der Waals surface area contributed by atoms with Gasteiger partial charge < -0.3 is 9.47 Å². The third-order valence-corrected chi connectivity index (χ3v) is 6.15. The van der Waals surface area contributed by atoms with E-state index >= 15 is 8.78 Å². The first-order valence-corrected chi connectivity index (χ1v) is 12.6. The molecule has 0 aromatic heterocycles. The Kier molecular flexibility index (Phi) is 8.71. The van der Waals surface area contributed by atoms with Gasteiger partial charge in [-0.3, -0.25) is 0 Å². The molecule has 0 spiro atoms. The van der Waals surface area contributed by atoms with Crippen molar-refractivity contribution >= 4 is 0 Å². The first-order valence-electron chi connectivity index (χ1n) is 12.6. The van der Waals surface area contributed by atoms with Crippen molar-refractivity contribution in [3.8, 4) is 39.5 Å². The fourth-order valence-corrected chi connectivity index (χ4v) is 4.16. The van der Waals surface area contributed by atoms with E-state index in [0.717, 1.165) is 49.4 Å². The minimum absolute atomic E-state index is 0.401. The summed E-state index contributed by atoms with van der Waals surface area (Å²) in [6, 6.07) is 14.3. The van der Waals surface area contributed by atoms with E-state index in [1.54, 1.807) is 0 Å². The topological polar surface area (TPSA) is 18.5 Å². The van der Waals surface area contributed by atoms with Crippen LogP contribution in [0.15, 0.2) is 66.7 Å². The highest BCUT2D eigenvalue weighted by Crippen LogP contribution is 2.42. The summed E-state index contributed by atoms with van der Waals surface area (Å²) >= 11 is 0. The van der Waals surface area contributed by atoms with Crippen LogP contribution < -0.4 is 9.47 Å². The first kappa shape index (κ1) is 29.0. The lowest BCUT2D eigenvalue weighted by atomic mass is 10.0. The van der Waals surface area contributed by atoms with Crippen molar-refractivity contribution < 1.29 is 40.2 Å². The Hall–Kier alpha value is -4.01. The molecule has 0 aliphatic carbocycles. The van der Waals surface area contributed by atoms with Gasteiger partial charge in [-0.05, 0) is 71.5 Å². The van der Waals surface area contributed by atoms with Crippen LogP contribution in [0.2, 0.25) is 0 Å². The number of halogens is 7. The molecule has 0 aliphatic rings. The molecule has 0 N–H and O–H groups in total. The van der Waals surface area contributed by atoms with Gasteiger partial charge in [0.1, 0.15) is 0 Å². The van der Waals surface area contributed by atoms with Crippen molar-refractivity contribution in [2.24, 2.45) is 0 Å². The molecule has 4 aromatic carbocycles. The van der Waals surface area contributed by atoms with E-state index in [2.05, 4.69) is 11.7 Å². The highest BCUT2D eigenvalue weighted by Gasteiger charge is 2.29. The average Bonchev–Trinajstić information content (AvgIpc) is 2.90. The maximum Gasteiger partial charge on any atom is 0.395 e. The van der Waals surface area contributed by atoms with Crippen LogP contribution in [0.4, 0.5) is 30.7 Å². The average molecular weight is 563 g/mol. The highest BCUT2D eigenvalue weighted by molar-refractivity contribution is 5.69. The van der Waals surface area contributed by atoms with Gasteiger partial charge in [0.2, 0.25) is 5.75 Å². The summed E-state index contributed by atoms with van der Waals surface area (Å²) in [7, 11) is 0. The van der Waals surface area contributed by atoms with Crippen LogP contribution >= 0.6 is 0 Å². The van der Waals surface area contributed by atoms with E-state index < -0.39 is 63.6 Å². The molecule has 4 aromatic rings. The zero-order valence-electron chi connectivity index (χ0n) is 21.6. The highest BCUT2D eigenvalue weighted by atomic mass is 19.3.